The van der Waals surface area contributed by atoms with E-state index in [0.717, 1.165) is 17.0 Å². The van der Waals surface area contributed by atoms with Crippen LogP contribution in [0.1, 0.15) is 5.56 Å². The van der Waals surface area contributed by atoms with Gasteiger partial charge < -0.3 is 4.74 Å². The smallest absolute Gasteiger partial charge is 0.270 e. The highest BCUT2D eigenvalue weighted by molar-refractivity contribution is 8.27. The number of ether oxygens (including phenoxy) is 1. The summed E-state index contributed by atoms with van der Waals surface area (Å²) in [5.41, 5.74) is 1.73. The molecule has 1 saturated heterocycles. The van der Waals surface area contributed by atoms with Crippen molar-refractivity contribution >= 4 is 46.0 Å². The Morgan fingerprint density at radius 2 is 1.77 bits per heavy atom. The molecule has 0 unspecified atom stereocenters. The monoisotopic (exact) mass is 327 g/mol. The fourth-order valence-electron chi connectivity index (χ4n) is 2.12. The molecule has 3 rings (SSSR count). The number of anilines is 1. The Bertz CT molecular complexity index is 739. The highest BCUT2D eigenvalue weighted by Gasteiger charge is 2.33. The molecule has 1 aliphatic heterocycles. The van der Waals surface area contributed by atoms with Crippen LogP contribution >= 0.6 is 24.0 Å². The van der Waals surface area contributed by atoms with Gasteiger partial charge in [0.05, 0.1) is 17.7 Å². The number of thioether (sulfide) groups is 1. The topological polar surface area (TPSA) is 29.5 Å². The van der Waals surface area contributed by atoms with Crippen LogP contribution in [0.3, 0.4) is 0 Å². The molecule has 3 nitrogen and oxygen atoms in total. The van der Waals surface area contributed by atoms with Gasteiger partial charge in [-0.3, -0.25) is 9.69 Å². The lowest BCUT2D eigenvalue weighted by molar-refractivity contribution is -0.113. The standard InChI is InChI=1S/C17H13NO2S2/c1-20-14-9-7-12(8-10-14)11-15-16(19)18(17(21)22-15)13-5-3-2-4-6-13/h2-11H,1H3/b15-11+. The van der Waals surface area contributed by atoms with E-state index < -0.39 is 0 Å². The first-order valence-corrected chi connectivity index (χ1v) is 7.88. The minimum Gasteiger partial charge on any atom is -0.497 e. The van der Waals surface area contributed by atoms with E-state index in [2.05, 4.69) is 0 Å². The first-order chi connectivity index (χ1) is 10.7. The van der Waals surface area contributed by atoms with E-state index >= 15 is 0 Å². The Morgan fingerprint density at radius 3 is 2.41 bits per heavy atom. The number of carbonyl (C=O) groups excluding carboxylic acids is 1. The molecule has 1 heterocycles. The average Bonchev–Trinajstić information content (AvgIpc) is 2.83. The lowest BCUT2D eigenvalue weighted by Crippen LogP contribution is -2.27. The Kier molecular flexibility index (Phi) is 4.27. The molecule has 0 saturated carbocycles. The zero-order valence-electron chi connectivity index (χ0n) is 11.9. The number of hydrogen-bond donors (Lipinski definition) is 0. The van der Waals surface area contributed by atoms with Crippen molar-refractivity contribution in [1.29, 1.82) is 0 Å². The minimum atomic E-state index is -0.0861. The number of benzene rings is 2. The average molecular weight is 327 g/mol. The predicted octanol–water partition coefficient (Wildman–Crippen LogP) is 4.10. The summed E-state index contributed by atoms with van der Waals surface area (Å²) in [6.07, 6.45) is 1.85. The van der Waals surface area contributed by atoms with Crippen molar-refractivity contribution in [1.82, 2.24) is 0 Å². The summed E-state index contributed by atoms with van der Waals surface area (Å²) < 4.78 is 5.68. The summed E-state index contributed by atoms with van der Waals surface area (Å²) in [5.74, 6) is 0.700. The van der Waals surface area contributed by atoms with Crippen molar-refractivity contribution in [2.75, 3.05) is 12.0 Å². The van der Waals surface area contributed by atoms with Crippen LogP contribution < -0.4 is 9.64 Å². The van der Waals surface area contributed by atoms with Gasteiger partial charge in [-0.25, -0.2) is 0 Å². The SMILES string of the molecule is COc1ccc(/C=C2/SC(=S)N(c3ccccc3)C2=O)cc1. The Balaban J connectivity index is 1.88. The van der Waals surface area contributed by atoms with E-state index in [1.807, 2.05) is 60.7 Å². The van der Waals surface area contributed by atoms with Crippen LogP contribution in [-0.2, 0) is 4.79 Å². The van der Waals surface area contributed by atoms with Gasteiger partial charge in [0, 0.05) is 0 Å². The second kappa shape index (κ2) is 6.34. The van der Waals surface area contributed by atoms with E-state index in [4.69, 9.17) is 17.0 Å². The third-order valence-electron chi connectivity index (χ3n) is 3.22. The molecule has 2 aromatic rings. The summed E-state index contributed by atoms with van der Waals surface area (Å²) in [6, 6.07) is 17.0. The molecule has 5 heteroatoms. The van der Waals surface area contributed by atoms with Gasteiger partial charge in [-0.05, 0) is 35.9 Å². The zero-order valence-corrected chi connectivity index (χ0v) is 13.5. The van der Waals surface area contributed by atoms with E-state index in [0.29, 0.717) is 9.23 Å². The summed E-state index contributed by atoms with van der Waals surface area (Å²) in [7, 11) is 1.62. The van der Waals surface area contributed by atoms with Crippen molar-refractivity contribution in [3.63, 3.8) is 0 Å². The second-order valence-corrected chi connectivity index (χ2v) is 6.30. The van der Waals surface area contributed by atoms with Crippen molar-refractivity contribution in [3.05, 3.63) is 65.1 Å². The minimum absolute atomic E-state index is 0.0861. The van der Waals surface area contributed by atoms with Gasteiger partial charge in [0.2, 0.25) is 0 Å². The van der Waals surface area contributed by atoms with Crippen LogP contribution in [0.25, 0.3) is 6.08 Å². The molecule has 0 spiro atoms. The van der Waals surface area contributed by atoms with Crippen LogP contribution in [0.15, 0.2) is 59.5 Å². The van der Waals surface area contributed by atoms with Crippen LogP contribution in [0.4, 0.5) is 5.69 Å². The fraction of sp³-hybridized carbons (Fsp3) is 0.0588. The van der Waals surface area contributed by atoms with Crippen molar-refractivity contribution in [2.45, 2.75) is 0 Å². The number of nitrogens with zero attached hydrogens (tertiary/aromatic N) is 1. The Labute approximate surface area is 138 Å². The molecule has 0 aliphatic carbocycles. The van der Waals surface area contributed by atoms with Gasteiger partial charge in [-0.2, -0.15) is 0 Å². The van der Waals surface area contributed by atoms with Crippen LogP contribution in [0.2, 0.25) is 0 Å². The van der Waals surface area contributed by atoms with Crippen molar-refractivity contribution in [2.24, 2.45) is 0 Å². The van der Waals surface area contributed by atoms with Gasteiger partial charge in [0.1, 0.15) is 5.75 Å². The highest BCUT2D eigenvalue weighted by Crippen LogP contribution is 2.35. The molecule has 1 aliphatic rings. The molecule has 22 heavy (non-hydrogen) atoms. The molecule has 2 aromatic carbocycles. The Morgan fingerprint density at radius 1 is 1.09 bits per heavy atom. The summed E-state index contributed by atoms with van der Waals surface area (Å²) in [6.45, 7) is 0. The second-order valence-electron chi connectivity index (χ2n) is 4.63. The molecule has 0 atom stereocenters. The van der Waals surface area contributed by atoms with Crippen molar-refractivity contribution in [3.8, 4) is 5.75 Å². The summed E-state index contributed by atoms with van der Waals surface area (Å²) in [4.78, 5) is 14.8. The number of thiocarbonyl (C=S) groups is 1. The van der Waals surface area contributed by atoms with Gasteiger partial charge in [0.15, 0.2) is 4.32 Å². The number of rotatable bonds is 3. The number of para-hydroxylation sites is 1. The Hall–Kier alpha value is -2.11. The van der Waals surface area contributed by atoms with Gasteiger partial charge >= 0.3 is 0 Å². The third-order valence-corrected chi connectivity index (χ3v) is 4.52. The molecular formula is C17H13NO2S2. The third kappa shape index (κ3) is 2.91. The maximum atomic E-state index is 12.6. The molecule has 110 valence electrons. The molecule has 0 N–H and O–H groups in total. The number of hydrogen-bond acceptors (Lipinski definition) is 4. The van der Waals surface area contributed by atoms with E-state index in [-0.39, 0.29) is 5.91 Å². The van der Waals surface area contributed by atoms with Crippen LogP contribution in [-0.4, -0.2) is 17.3 Å². The first-order valence-electron chi connectivity index (χ1n) is 6.66. The number of carbonyl (C=O) groups is 1. The maximum Gasteiger partial charge on any atom is 0.270 e. The zero-order chi connectivity index (χ0) is 15.5. The predicted molar refractivity (Wildman–Crippen MR) is 95.1 cm³/mol. The van der Waals surface area contributed by atoms with E-state index in [1.165, 1.54) is 11.8 Å². The first kappa shape index (κ1) is 14.8. The van der Waals surface area contributed by atoms with Crippen LogP contribution in [0.5, 0.6) is 5.75 Å². The van der Waals surface area contributed by atoms with Crippen LogP contribution in [0, 0.1) is 0 Å². The quantitative estimate of drug-likeness (QED) is 0.627. The van der Waals surface area contributed by atoms with Gasteiger partial charge in [-0.15, -0.1) is 0 Å². The highest BCUT2D eigenvalue weighted by atomic mass is 32.2. The van der Waals surface area contributed by atoms with Gasteiger partial charge in [0.25, 0.3) is 5.91 Å². The molecular weight excluding hydrogens is 314 g/mol. The summed E-state index contributed by atoms with van der Waals surface area (Å²) >= 11 is 6.66. The molecule has 0 radical (unpaired) electrons. The molecule has 1 amide bonds. The number of methoxy groups -OCH3 is 1. The lowest BCUT2D eigenvalue weighted by Gasteiger charge is -2.13. The normalized spacial score (nSPS) is 16.4. The van der Waals surface area contributed by atoms with E-state index in [9.17, 15) is 4.79 Å². The molecule has 0 aromatic heterocycles. The fourth-order valence-corrected chi connectivity index (χ4v) is 3.42. The van der Waals surface area contributed by atoms with Crippen molar-refractivity contribution < 1.29 is 9.53 Å². The largest absolute Gasteiger partial charge is 0.497 e. The number of amides is 1. The molecule has 0 bridgehead atoms. The van der Waals surface area contributed by atoms with E-state index in [1.54, 1.807) is 12.0 Å². The lowest BCUT2D eigenvalue weighted by atomic mass is 10.2. The molecule has 1 fully saturated rings. The van der Waals surface area contributed by atoms with Gasteiger partial charge in [-0.1, -0.05) is 54.3 Å². The maximum absolute atomic E-state index is 12.6. The summed E-state index contributed by atoms with van der Waals surface area (Å²) in [5, 5.41) is 0.